The lowest BCUT2D eigenvalue weighted by Gasteiger charge is -2.13. The topological polar surface area (TPSA) is 43.9 Å². The van der Waals surface area contributed by atoms with Crippen LogP contribution in [0.1, 0.15) is 0 Å². The molecule has 240 valence electrons. The molecule has 0 N–H and O–H groups in total. The lowest BCUT2D eigenvalue weighted by atomic mass is 9.90. The Kier molecular flexibility index (Phi) is 5.47. The summed E-state index contributed by atoms with van der Waals surface area (Å²) in [5.74, 6) is 0.672. The lowest BCUT2D eigenvalue weighted by Crippen LogP contribution is -2.03. The molecule has 3 aromatic heterocycles. The van der Waals surface area contributed by atoms with E-state index in [1.54, 1.807) is 0 Å². The minimum Gasteiger partial charge on any atom is -0.456 e. The van der Waals surface area contributed by atoms with E-state index in [0.717, 1.165) is 66.3 Å². The zero-order valence-electron chi connectivity index (χ0n) is 27.8. The number of benzene rings is 9. The van der Waals surface area contributed by atoms with Crippen LogP contribution in [0.4, 0.5) is 0 Å². The Balaban J connectivity index is 1.15. The Morgan fingerprint density at radius 1 is 0.385 bits per heavy atom. The second-order valence-electron chi connectivity index (χ2n) is 13.7. The maximum absolute atomic E-state index is 6.28. The molecule has 0 bridgehead atoms. The van der Waals surface area contributed by atoms with Gasteiger partial charge in [-0.15, -0.1) is 0 Å². The van der Waals surface area contributed by atoms with Gasteiger partial charge in [0.05, 0.1) is 22.2 Å². The zero-order chi connectivity index (χ0) is 33.9. The van der Waals surface area contributed by atoms with Crippen molar-refractivity contribution in [3.63, 3.8) is 0 Å². The van der Waals surface area contributed by atoms with Crippen molar-refractivity contribution >= 4 is 87.0 Å². The summed E-state index contributed by atoms with van der Waals surface area (Å²) < 4.78 is 8.55. The zero-order valence-corrected chi connectivity index (χ0v) is 27.8. The summed E-state index contributed by atoms with van der Waals surface area (Å²) in [4.78, 5) is 10.5. The first-order chi connectivity index (χ1) is 25.8. The first-order valence-electron chi connectivity index (χ1n) is 17.7. The van der Waals surface area contributed by atoms with Crippen LogP contribution in [0.3, 0.4) is 0 Å². The molecule has 0 aliphatic rings. The highest BCUT2D eigenvalue weighted by molar-refractivity contribution is 6.38. The summed E-state index contributed by atoms with van der Waals surface area (Å²) in [6.45, 7) is 0. The van der Waals surface area contributed by atoms with Crippen LogP contribution in [-0.2, 0) is 0 Å². The van der Waals surface area contributed by atoms with Crippen LogP contribution in [0.15, 0.2) is 168 Å². The van der Waals surface area contributed by atoms with Gasteiger partial charge < -0.3 is 4.42 Å². The second-order valence-corrected chi connectivity index (χ2v) is 13.7. The van der Waals surface area contributed by atoms with Gasteiger partial charge in [-0.2, -0.15) is 0 Å². The molecule has 12 rings (SSSR count). The normalized spacial score (nSPS) is 12.2. The fourth-order valence-electron chi connectivity index (χ4n) is 8.66. The SMILES string of the molecule is c1ccc(-c2nc(-n3c4cccc5c6ccc7ccc(-c8ccc9c(c8)oc8ccccc89)cc7c6c6cccc3c6c54)nc3ccccc23)cc1. The van der Waals surface area contributed by atoms with Crippen LogP contribution < -0.4 is 0 Å². The lowest BCUT2D eigenvalue weighted by molar-refractivity contribution is 0.669. The summed E-state index contributed by atoms with van der Waals surface area (Å²) in [6.07, 6.45) is 0. The maximum atomic E-state index is 6.28. The van der Waals surface area contributed by atoms with Crippen LogP contribution in [0.5, 0.6) is 0 Å². The van der Waals surface area contributed by atoms with Crippen LogP contribution in [0.2, 0.25) is 0 Å². The molecule has 52 heavy (non-hydrogen) atoms. The third-order valence-corrected chi connectivity index (χ3v) is 10.9. The van der Waals surface area contributed by atoms with Crippen molar-refractivity contribution in [2.24, 2.45) is 0 Å². The van der Waals surface area contributed by atoms with E-state index in [1.807, 2.05) is 18.2 Å². The molecule has 0 saturated heterocycles. The molecule has 0 atom stereocenters. The third-order valence-electron chi connectivity index (χ3n) is 10.9. The molecule has 3 heterocycles. The monoisotopic (exact) mass is 661 g/mol. The van der Waals surface area contributed by atoms with Crippen molar-refractivity contribution in [1.29, 1.82) is 0 Å². The van der Waals surface area contributed by atoms with E-state index in [4.69, 9.17) is 14.4 Å². The molecule has 0 radical (unpaired) electrons. The molecule has 9 aromatic carbocycles. The Bertz CT molecular complexity index is 3410. The van der Waals surface area contributed by atoms with Gasteiger partial charge in [0.25, 0.3) is 0 Å². The largest absolute Gasteiger partial charge is 0.456 e. The average Bonchev–Trinajstić information content (AvgIpc) is 3.76. The summed E-state index contributed by atoms with van der Waals surface area (Å²) in [6, 6.07) is 58.3. The fraction of sp³-hybridized carbons (Fsp3) is 0. The van der Waals surface area contributed by atoms with Crippen molar-refractivity contribution in [1.82, 2.24) is 14.5 Å². The standard InChI is InChI=1S/C48H27N3O/c1-2-10-29(11-3-1)47-36-13-4-6-16-39(36)49-48(50-47)51-40-17-8-14-34-35-25-22-28-20-21-30(26-38(28)44(35)37-15-9-18-41(51)46(37)45(34)40)31-23-24-33-32-12-5-7-19-42(32)52-43(33)27-31/h1-27H. The van der Waals surface area contributed by atoms with E-state index in [1.165, 1.54) is 43.1 Å². The molecular weight excluding hydrogens is 635 g/mol. The van der Waals surface area contributed by atoms with Gasteiger partial charge in [0, 0.05) is 32.5 Å². The van der Waals surface area contributed by atoms with Crippen molar-refractivity contribution < 1.29 is 4.42 Å². The fourth-order valence-corrected chi connectivity index (χ4v) is 8.66. The van der Waals surface area contributed by atoms with Gasteiger partial charge in [0.1, 0.15) is 11.2 Å². The Morgan fingerprint density at radius 3 is 1.90 bits per heavy atom. The molecule has 0 fully saturated rings. The van der Waals surface area contributed by atoms with Gasteiger partial charge in [0.2, 0.25) is 5.95 Å². The van der Waals surface area contributed by atoms with Gasteiger partial charge >= 0.3 is 0 Å². The first-order valence-corrected chi connectivity index (χ1v) is 17.7. The van der Waals surface area contributed by atoms with Gasteiger partial charge in [-0.25, -0.2) is 9.97 Å². The van der Waals surface area contributed by atoms with E-state index in [9.17, 15) is 0 Å². The van der Waals surface area contributed by atoms with Crippen molar-refractivity contribution in [2.45, 2.75) is 0 Å². The molecule has 0 aliphatic carbocycles. The molecule has 4 heteroatoms. The van der Waals surface area contributed by atoms with Crippen molar-refractivity contribution in [3.05, 3.63) is 164 Å². The van der Waals surface area contributed by atoms with Gasteiger partial charge in [-0.05, 0) is 85.9 Å². The quantitative estimate of drug-likeness (QED) is 0.177. The summed E-state index contributed by atoms with van der Waals surface area (Å²) in [7, 11) is 0. The molecule has 0 saturated carbocycles. The smallest absolute Gasteiger partial charge is 0.235 e. The number of furan rings is 1. The third kappa shape index (κ3) is 3.75. The minimum atomic E-state index is 0.672. The number of hydrogen-bond donors (Lipinski definition) is 0. The number of fused-ring (bicyclic) bond motifs is 9. The van der Waals surface area contributed by atoms with E-state index in [-0.39, 0.29) is 0 Å². The highest BCUT2D eigenvalue weighted by atomic mass is 16.3. The highest BCUT2D eigenvalue weighted by Crippen LogP contribution is 2.46. The van der Waals surface area contributed by atoms with Crippen LogP contribution in [0, 0.1) is 0 Å². The van der Waals surface area contributed by atoms with E-state index in [2.05, 4.69) is 150 Å². The predicted octanol–water partition coefficient (Wildman–Crippen LogP) is 12.9. The number of rotatable bonds is 3. The molecular formula is C48H27N3O. The van der Waals surface area contributed by atoms with Gasteiger partial charge in [-0.1, -0.05) is 121 Å². The van der Waals surface area contributed by atoms with Crippen LogP contribution in [-0.4, -0.2) is 14.5 Å². The van der Waals surface area contributed by atoms with Gasteiger partial charge in [-0.3, -0.25) is 4.57 Å². The highest BCUT2D eigenvalue weighted by Gasteiger charge is 2.23. The molecule has 0 unspecified atom stereocenters. The molecule has 0 spiro atoms. The second kappa shape index (κ2) is 10.3. The van der Waals surface area contributed by atoms with Crippen LogP contribution >= 0.6 is 0 Å². The molecule has 12 aromatic rings. The number of hydrogen-bond acceptors (Lipinski definition) is 3. The minimum absolute atomic E-state index is 0.672. The molecule has 0 amide bonds. The number of aromatic nitrogens is 3. The number of para-hydroxylation sites is 2. The Labute approximate surface area is 297 Å². The van der Waals surface area contributed by atoms with E-state index < -0.39 is 0 Å². The average molecular weight is 662 g/mol. The molecule has 0 aliphatic heterocycles. The molecule has 4 nitrogen and oxygen atoms in total. The summed E-state index contributed by atoms with van der Waals surface area (Å²) in [5, 5.41) is 13.2. The van der Waals surface area contributed by atoms with E-state index >= 15 is 0 Å². The van der Waals surface area contributed by atoms with Crippen molar-refractivity contribution in [3.8, 4) is 28.3 Å². The summed E-state index contributed by atoms with van der Waals surface area (Å²) >= 11 is 0. The predicted molar refractivity (Wildman–Crippen MR) is 216 cm³/mol. The Morgan fingerprint density at radius 2 is 1.02 bits per heavy atom. The summed E-state index contributed by atoms with van der Waals surface area (Å²) in [5.41, 5.74) is 9.25. The number of nitrogens with zero attached hydrogens (tertiary/aromatic N) is 3. The van der Waals surface area contributed by atoms with Gasteiger partial charge in [0.15, 0.2) is 0 Å². The van der Waals surface area contributed by atoms with E-state index in [0.29, 0.717) is 5.95 Å². The first kappa shape index (κ1) is 27.7. The maximum Gasteiger partial charge on any atom is 0.235 e. The Hall–Kier alpha value is -7.04. The van der Waals surface area contributed by atoms with Crippen LogP contribution in [0.25, 0.3) is 115 Å². The van der Waals surface area contributed by atoms with Crippen molar-refractivity contribution in [2.75, 3.05) is 0 Å².